The van der Waals surface area contributed by atoms with E-state index < -0.39 is 0 Å². The lowest BCUT2D eigenvalue weighted by Crippen LogP contribution is -2.31. The van der Waals surface area contributed by atoms with Crippen molar-refractivity contribution in [1.29, 1.82) is 0 Å². The van der Waals surface area contributed by atoms with E-state index in [1.807, 2.05) is 18.2 Å². The molecule has 2 rings (SSSR count). The van der Waals surface area contributed by atoms with Gasteiger partial charge in [-0.2, -0.15) is 0 Å². The van der Waals surface area contributed by atoms with E-state index in [4.69, 9.17) is 34.7 Å². The number of anilines is 1. The van der Waals surface area contributed by atoms with Crippen molar-refractivity contribution < 1.29 is 5.11 Å². The van der Waals surface area contributed by atoms with Crippen molar-refractivity contribution in [2.75, 3.05) is 18.1 Å². The predicted octanol–water partition coefficient (Wildman–Crippen LogP) is 2.72. The average Bonchev–Trinajstić information content (AvgIpc) is 2.84. The van der Waals surface area contributed by atoms with Gasteiger partial charge in [0.1, 0.15) is 4.99 Å². The zero-order valence-corrected chi connectivity index (χ0v) is 12.4. The normalized spacial score (nSPS) is 18.8. The Bertz CT molecular complexity index is 467. The second kappa shape index (κ2) is 6.55. The maximum absolute atomic E-state index is 8.99. The Balaban J connectivity index is 2.27. The van der Waals surface area contributed by atoms with Crippen LogP contribution in [0.25, 0.3) is 0 Å². The fourth-order valence-corrected chi connectivity index (χ4v) is 3.07. The zero-order chi connectivity index (χ0) is 13.8. The standard InChI is InChI=1S/C14H19ClN2OS/c15-10-5-6-13(12(9-10)14(16)19)17-7-1-3-11(17)4-2-8-18/h5-6,9,11,18H,1-4,7-8H2,(H2,16,19). The quantitative estimate of drug-likeness (QED) is 0.821. The lowest BCUT2D eigenvalue weighted by molar-refractivity contribution is 0.279. The highest BCUT2D eigenvalue weighted by Crippen LogP contribution is 2.32. The van der Waals surface area contributed by atoms with E-state index in [2.05, 4.69) is 4.90 Å². The number of nitrogens with two attached hydrogens (primary N) is 1. The minimum absolute atomic E-state index is 0.243. The topological polar surface area (TPSA) is 49.5 Å². The van der Waals surface area contributed by atoms with Gasteiger partial charge in [0.2, 0.25) is 0 Å². The second-order valence-corrected chi connectivity index (χ2v) is 5.76. The summed E-state index contributed by atoms with van der Waals surface area (Å²) in [7, 11) is 0. The summed E-state index contributed by atoms with van der Waals surface area (Å²) >= 11 is 11.1. The molecule has 3 nitrogen and oxygen atoms in total. The van der Waals surface area contributed by atoms with Gasteiger partial charge in [0, 0.05) is 35.5 Å². The molecular weight excluding hydrogens is 280 g/mol. The Morgan fingerprint density at radius 1 is 1.53 bits per heavy atom. The van der Waals surface area contributed by atoms with Crippen LogP contribution in [0.3, 0.4) is 0 Å². The molecule has 19 heavy (non-hydrogen) atoms. The van der Waals surface area contributed by atoms with Gasteiger partial charge in [-0.15, -0.1) is 0 Å². The number of nitrogens with zero attached hydrogens (tertiary/aromatic N) is 1. The average molecular weight is 299 g/mol. The molecule has 1 atom stereocenters. The Kier molecular flexibility index (Phi) is 5.02. The van der Waals surface area contributed by atoms with Gasteiger partial charge >= 0.3 is 0 Å². The molecular formula is C14H19ClN2OS. The van der Waals surface area contributed by atoms with Crippen LogP contribution in [-0.4, -0.2) is 29.3 Å². The fraction of sp³-hybridized carbons (Fsp3) is 0.500. The smallest absolute Gasteiger partial charge is 0.106 e. The van der Waals surface area contributed by atoms with Gasteiger partial charge in [0.25, 0.3) is 0 Å². The van der Waals surface area contributed by atoms with Crippen LogP contribution in [0.4, 0.5) is 5.69 Å². The maximum atomic E-state index is 8.99. The number of halogens is 1. The van der Waals surface area contributed by atoms with Gasteiger partial charge < -0.3 is 15.7 Å². The van der Waals surface area contributed by atoms with Gasteiger partial charge in [-0.3, -0.25) is 0 Å². The van der Waals surface area contributed by atoms with Crippen molar-refractivity contribution >= 4 is 34.5 Å². The van der Waals surface area contributed by atoms with Crippen molar-refractivity contribution in [3.05, 3.63) is 28.8 Å². The molecule has 0 saturated carbocycles. The van der Waals surface area contributed by atoms with E-state index in [1.54, 1.807) is 0 Å². The lowest BCUT2D eigenvalue weighted by atomic mass is 10.1. The van der Waals surface area contributed by atoms with Crippen LogP contribution >= 0.6 is 23.8 Å². The molecule has 3 N–H and O–H groups in total. The van der Waals surface area contributed by atoms with Gasteiger partial charge in [-0.05, 0) is 43.9 Å². The predicted molar refractivity (Wildman–Crippen MR) is 84.0 cm³/mol. The van der Waals surface area contributed by atoms with Gasteiger partial charge in [0.15, 0.2) is 0 Å². The number of hydrogen-bond donors (Lipinski definition) is 2. The van der Waals surface area contributed by atoms with Crippen LogP contribution in [0.2, 0.25) is 5.02 Å². The van der Waals surface area contributed by atoms with Crippen molar-refractivity contribution in [3.63, 3.8) is 0 Å². The molecule has 1 aromatic rings. The van der Waals surface area contributed by atoms with Gasteiger partial charge in [-0.25, -0.2) is 0 Å². The maximum Gasteiger partial charge on any atom is 0.106 e. The third-order valence-electron chi connectivity index (χ3n) is 3.61. The van der Waals surface area contributed by atoms with Crippen LogP contribution in [0.15, 0.2) is 18.2 Å². The monoisotopic (exact) mass is 298 g/mol. The van der Waals surface area contributed by atoms with E-state index in [1.165, 1.54) is 0 Å². The number of aliphatic hydroxyl groups is 1. The first-order chi connectivity index (χ1) is 9.13. The molecule has 0 radical (unpaired) electrons. The molecule has 1 aliphatic heterocycles. The van der Waals surface area contributed by atoms with Crippen LogP contribution in [-0.2, 0) is 0 Å². The molecule has 1 saturated heterocycles. The van der Waals surface area contributed by atoms with Gasteiger partial charge in [-0.1, -0.05) is 23.8 Å². The van der Waals surface area contributed by atoms with Crippen LogP contribution in [0.5, 0.6) is 0 Å². The first kappa shape index (κ1) is 14.6. The largest absolute Gasteiger partial charge is 0.396 e. The first-order valence-corrected chi connectivity index (χ1v) is 7.39. The molecule has 0 spiro atoms. The van der Waals surface area contributed by atoms with Crippen molar-refractivity contribution in [3.8, 4) is 0 Å². The van der Waals surface area contributed by atoms with E-state index in [0.717, 1.165) is 43.5 Å². The van der Waals surface area contributed by atoms with E-state index in [9.17, 15) is 0 Å². The van der Waals surface area contributed by atoms with Crippen molar-refractivity contribution in [1.82, 2.24) is 0 Å². The first-order valence-electron chi connectivity index (χ1n) is 6.60. The molecule has 1 unspecified atom stereocenters. The summed E-state index contributed by atoms with van der Waals surface area (Å²) in [6, 6.07) is 6.16. The van der Waals surface area contributed by atoms with Crippen LogP contribution in [0.1, 0.15) is 31.2 Å². The molecule has 0 amide bonds. The van der Waals surface area contributed by atoms with Gasteiger partial charge in [0.05, 0.1) is 0 Å². The Labute approximate surface area is 124 Å². The molecule has 0 bridgehead atoms. The molecule has 0 aliphatic carbocycles. The number of aliphatic hydroxyl groups excluding tert-OH is 1. The van der Waals surface area contributed by atoms with E-state index in [-0.39, 0.29) is 6.61 Å². The minimum atomic E-state index is 0.243. The number of hydrogen-bond acceptors (Lipinski definition) is 3. The second-order valence-electron chi connectivity index (χ2n) is 4.88. The Hall–Kier alpha value is -0.840. The summed E-state index contributed by atoms with van der Waals surface area (Å²) in [4.78, 5) is 2.73. The summed E-state index contributed by atoms with van der Waals surface area (Å²) in [6.45, 7) is 1.25. The molecule has 104 valence electrons. The lowest BCUT2D eigenvalue weighted by Gasteiger charge is -2.28. The number of rotatable bonds is 5. The highest BCUT2D eigenvalue weighted by atomic mass is 35.5. The third-order valence-corrected chi connectivity index (χ3v) is 4.06. The number of benzene rings is 1. The molecule has 0 aromatic heterocycles. The molecule has 1 aliphatic rings. The fourth-order valence-electron chi connectivity index (χ4n) is 2.74. The summed E-state index contributed by atoms with van der Waals surface area (Å²) < 4.78 is 0. The summed E-state index contributed by atoms with van der Waals surface area (Å²) in [5.74, 6) is 0. The molecule has 1 heterocycles. The van der Waals surface area contributed by atoms with E-state index >= 15 is 0 Å². The third kappa shape index (κ3) is 3.38. The van der Waals surface area contributed by atoms with Crippen LogP contribution < -0.4 is 10.6 Å². The minimum Gasteiger partial charge on any atom is -0.396 e. The molecule has 5 heteroatoms. The summed E-state index contributed by atoms with van der Waals surface area (Å²) in [6.07, 6.45) is 4.14. The summed E-state index contributed by atoms with van der Waals surface area (Å²) in [5.41, 5.74) is 7.72. The Morgan fingerprint density at radius 2 is 2.32 bits per heavy atom. The van der Waals surface area contributed by atoms with Crippen molar-refractivity contribution in [2.45, 2.75) is 31.7 Å². The molecule has 1 aromatic carbocycles. The highest BCUT2D eigenvalue weighted by molar-refractivity contribution is 7.80. The molecule has 1 fully saturated rings. The van der Waals surface area contributed by atoms with Crippen molar-refractivity contribution in [2.24, 2.45) is 5.73 Å². The summed E-state index contributed by atoms with van der Waals surface area (Å²) in [5, 5.41) is 9.64. The van der Waals surface area contributed by atoms with Crippen LogP contribution in [0, 0.1) is 0 Å². The van der Waals surface area contributed by atoms with E-state index in [0.29, 0.717) is 16.1 Å². The highest BCUT2D eigenvalue weighted by Gasteiger charge is 2.26. The zero-order valence-electron chi connectivity index (χ0n) is 10.8. The number of thiocarbonyl (C=S) groups is 1. The Morgan fingerprint density at radius 3 is 3.00 bits per heavy atom. The SMILES string of the molecule is NC(=S)c1cc(Cl)ccc1N1CCCC1CCCO.